The lowest BCUT2D eigenvalue weighted by Gasteiger charge is -2.30. The van der Waals surface area contributed by atoms with E-state index in [0.717, 1.165) is 33.6 Å². The molecule has 1 aromatic carbocycles. The summed E-state index contributed by atoms with van der Waals surface area (Å²) in [4.78, 5) is 17.1. The van der Waals surface area contributed by atoms with E-state index in [4.69, 9.17) is 4.74 Å². The highest BCUT2D eigenvalue weighted by atomic mass is 32.1. The average molecular weight is 400 g/mol. The lowest BCUT2D eigenvalue weighted by molar-refractivity contribution is 0.0594. The zero-order valence-corrected chi connectivity index (χ0v) is 18.0. The number of carbonyl (C=O) groups is 1. The van der Waals surface area contributed by atoms with Crippen LogP contribution in [0.25, 0.3) is 10.2 Å². The van der Waals surface area contributed by atoms with E-state index in [0.29, 0.717) is 19.7 Å². The van der Waals surface area contributed by atoms with Crippen molar-refractivity contribution in [2.75, 3.05) is 20.3 Å². The predicted octanol–water partition coefficient (Wildman–Crippen LogP) is 4.73. The standard InChI is InChI=1S/C22H29N3O2S/c1-5-18(6-2)24(12-13-27-4)21(26)20-14-19-16(3)23-25(22(19)28-20)15-17-10-8-7-9-11-17/h7-11,14,18H,5-6,12-13,15H2,1-4H3. The number of ether oxygens (including phenoxy) is 1. The van der Waals surface area contributed by atoms with Crippen molar-refractivity contribution < 1.29 is 9.53 Å². The van der Waals surface area contributed by atoms with Gasteiger partial charge in [0.2, 0.25) is 0 Å². The minimum Gasteiger partial charge on any atom is -0.383 e. The molecule has 0 atom stereocenters. The first-order valence-electron chi connectivity index (χ1n) is 9.89. The molecule has 6 heteroatoms. The van der Waals surface area contributed by atoms with E-state index >= 15 is 0 Å². The monoisotopic (exact) mass is 399 g/mol. The molecule has 0 aliphatic rings. The van der Waals surface area contributed by atoms with Gasteiger partial charge in [0, 0.05) is 25.1 Å². The summed E-state index contributed by atoms with van der Waals surface area (Å²) in [7, 11) is 1.68. The van der Waals surface area contributed by atoms with Crippen molar-refractivity contribution in [2.24, 2.45) is 0 Å². The Bertz CT molecular complexity index is 913. The number of methoxy groups -OCH3 is 1. The molecular weight excluding hydrogens is 370 g/mol. The Labute approximate surface area is 170 Å². The molecule has 1 amide bonds. The van der Waals surface area contributed by atoms with Gasteiger partial charge in [-0.15, -0.1) is 11.3 Å². The number of aryl methyl sites for hydroxylation is 1. The number of rotatable bonds is 9. The Morgan fingerprint density at radius 1 is 1.25 bits per heavy atom. The maximum atomic E-state index is 13.3. The largest absolute Gasteiger partial charge is 0.383 e. The third-order valence-corrected chi connectivity index (χ3v) is 6.31. The summed E-state index contributed by atoms with van der Waals surface area (Å²) in [6, 6.07) is 12.5. The van der Waals surface area contributed by atoms with Crippen LogP contribution in [0.2, 0.25) is 0 Å². The van der Waals surface area contributed by atoms with Crippen molar-refractivity contribution in [3.05, 3.63) is 52.5 Å². The van der Waals surface area contributed by atoms with Gasteiger partial charge in [-0.3, -0.25) is 9.48 Å². The minimum atomic E-state index is 0.0950. The molecule has 0 aliphatic carbocycles. The number of hydrogen-bond donors (Lipinski definition) is 0. The lowest BCUT2D eigenvalue weighted by atomic mass is 10.1. The zero-order valence-electron chi connectivity index (χ0n) is 17.1. The molecule has 2 heterocycles. The Morgan fingerprint density at radius 3 is 2.61 bits per heavy atom. The molecule has 0 aliphatic heterocycles. The van der Waals surface area contributed by atoms with Gasteiger partial charge in [0.05, 0.1) is 23.7 Å². The second-order valence-corrected chi connectivity index (χ2v) is 8.05. The molecule has 0 unspecified atom stereocenters. The van der Waals surface area contributed by atoms with Gasteiger partial charge in [0.1, 0.15) is 4.83 Å². The topological polar surface area (TPSA) is 47.4 Å². The van der Waals surface area contributed by atoms with Gasteiger partial charge in [0.15, 0.2) is 0 Å². The van der Waals surface area contributed by atoms with Crippen LogP contribution in [0.3, 0.4) is 0 Å². The molecule has 0 spiro atoms. The molecule has 0 saturated heterocycles. The second kappa shape index (κ2) is 9.34. The summed E-state index contributed by atoms with van der Waals surface area (Å²) in [5.41, 5.74) is 2.17. The van der Waals surface area contributed by atoms with Gasteiger partial charge in [-0.2, -0.15) is 5.10 Å². The molecule has 0 fully saturated rings. The van der Waals surface area contributed by atoms with Crippen molar-refractivity contribution in [3.63, 3.8) is 0 Å². The second-order valence-electron chi connectivity index (χ2n) is 7.02. The van der Waals surface area contributed by atoms with Gasteiger partial charge in [0.25, 0.3) is 5.91 Å². The fourth-order valence-electron chi connectivity index (χ4n) is 3.59. The van der Waals surface area contributed by atoms with Crippen molar-refractivity contribution in [2.45, 2.75) is 46.2 Å². The molecule has 0 radical (unpaired) electrons. The Balaban J connectivity index is 1.92. The Morgan fingerprint density at radius 2 is 1.96 bits per heavy atom. The molecule has 150 valence electrons. The smallest absolute Gasteiger partial charge is 0.264 e. The Hall–Kier alpha value is -2.18. The minimum absolute atomic E-state index is 0.0950. The highest BCUT2D eigenvalue weighted by Gasteiger charge is 2.25. The molecule has 0 bridgehead atoms. The van der Waals surface area contributed by atoms with E-state index < -0.39 is 0 Å². The number of carbonyl (C=O) groups excluding carboxylic acids is 1. The summed E-state index contributed by atoms with van der Waals surface area (Å²) in [5.74, 6) is 0.0950. The maximum absolute atomic E-state index is 13.3. The first-order valence-corrected chi connectivity index (χ1v) is 10.7. The predicted molar refractivity (Wildman–Crippen MR) is 115 cm³/mol. The quantitative estimate of drug-likeness (QED) is 0.522. The van der Waals surface area contributed by atoms with Crippen LogP contribution in [0, 0.1) is 6.92 Å². The van der Waals surface area contributed by atoms with Gasteiger partial charge in [-0.1, -0.05) is 44.2 Å². The molecular formula is C22H29N3O2S. The van der Waals surface area contributed by atoms with Crippen LogP contribution in [0.4, 0.5) is 0 Å². The van der Waals surface area contributed by atoms with Crippen LogP contribution >= 0.6 is 11.3 Å². The van der Waals surface area contributed by atoms with Crippen molar-refractivity contribution in [1.29, 1.82) is 0 Å². The number of thiophene rings is 1. The Kier molecular flexibility index (Phi) is 6.86. The van der Waals surface area contributed by atoms with Crippen molar-refractivity contribution >= 4 is 27.5 Å². The fourth-order valence-corrected chi connectivity index (χ4v) is 4.71. The third-order valence-electron chi connectivity index (χ3n) is 5.17. The molecule has 5 nitrogen and oxygen atoms in total. The van der Waals surface area contributed by atoms with Crippen LogP contribution < -0.4 is 0 Å². The van der Waals surface area contributed by atoms with Crippen LogP contribution in [0.5, 0.6) is 0 Å². The van der Waals surface area contributed by atoms with Crippen molar-refractivity contribution in [1.82, 2.24) is 14.7 Å². The van der Waals surface area contributed by atoms with E-state index in [1.807, 2.05) is 40.8 Å². The van der Waals surface area contributed by atoms with Gasteiger partial charge < -0.3 is 9.64 Å². The summed E-state index contributed by atoms with van der Waals surface area (Å²) < 4.78 is 7.25. The molecule has 0 N–H and O–H groups in total. The van der Waals surface area contributed by atoms with Crippen molar-refractivity contribution in [3.8, 4) is 0 Å². The van der Waals surface area contributed by atoms with E-state index in [-0.39, 0.29) is 11.9 Å². The van der Waals surface area contributed by atoms with E-state index in [1.165, 1.54) is 5.56 Å². The SMILES string of the molecule is CCC(CC)N(CCOC)C(=O)c1cc2c(C)nn(Cc3ccccc3)c2s1. The van der Waals surface area contributed by atoms with Crippen LogP contribution in [0.15, 0.2) is 36.4 Å². The van der Waals surface area contributed by atoms with E-state index in [1.54, 1.807) is 18.4 Å². The summed E-state index contributed by atoms with van der Waals surface area (Å²) in [6.07, 6.45) is 1.88. The summed E-state index contributed by atoms with van der Waals surface area (Å²) in [6.45, 7) is 8.15. The zero-order chi connectivity index (χ0) is 20.1. The van der Waals surface area contributed by atoms with Gasteiger partial charge >= 0.3 is 0 Å². The van der Waals surface area contributed by atoms with E-state index in [2.05, 4.69) is 31.1 Å². The first-order chi connectivity index (χ1) is 13.6. The molecule has 28 heavy (non-hydrogen) atoms. The van der Waals surface area contributed by atoms with Gasteiger partial charge in [-0.05, 0) is 31.4 Å². The fraction of sp³-hybridized carbons (Fsp3) is 0.455. The van der Waals surface area contributed by atoms with Gasteiger partial charge in [-0.25, -0.2) is 0 Å². The van der Waals surface area contributed by atoms with Crippen LogP contribution in [0.1, 0.15) is 47.6 Å². The maximum Gasteiger partial charge on any atom is 0.264 e. The lowest BCUT2D eigenvalue weighted by Crippen LogP contribution is -2.41. The summed E-state index contributed by atoms with van der Waals surface area (Å²) >= 11 is 1.54. The highest BCUT2D eigenvalue weighted by molar-refractivity contribution is 7.20. The van der Waals surface area contributed by atoms with Crippen LogP contribution in [-0.2, 0) is 11.3 Å². The molecule has 3 aromatic rings. The number of hydrogen-bond acceptors (Lipinski definition) is 4. The third kappa shape index (κ3) is 4.28. The molecule has 2 aromatic heterocycles. The molecule has 0 saturated carbocycles. The highest BCUT2D eigenvalue weighted by Crippen LogP contribution is 2.30. The number of amides is 1. The summed E-state index contributed by atoms with van der Waals surface area (Å²) in [5, 5.41) is 5.76. The molecule has 3 rings (SSSR count). The number of nitrogens with zero attached hydrogens (tertiary/aromatic N) is 3. The normalized spacial score (nSPS) is 11.5. The van der Waals surface area contributed by atoms with E-state index in [9.17, 15) is 4.79 Å². The number of aromatic nitrogens is 2. The van der Waals surface area contributed by atoms with Crippen LogP contribution in [-0.4, -0.2) is 46.9 Å². The number of benzene rings is 1. The number of fused-ring (bicyclic) bond motifs is 1. The average Bonchev–Trinajstić information content (AvgIpc) is 3.27. The first kappa shape index (κ1) is 20.6.